The van der Waals surface area contributed by atoms with Gasteiger partial charge in [-0.3, -0.25) is 0 Å². The Hall–Kier alpha value is -2.20. The third-order valence-electron chi connectivity index (χ3n) is 2.74. The number of hydrogen-bond acceptors (Lipinski definition) is 4. The SMILES string of the molecule is FC(F)(F)C(F)(F)C(F)(F)N/N=C\c1ccc2c(c1)OCCO2. The van der Waals surface area contributed by atoms with Gasteiger partial charge in [0.25, 0.3) is 0 Å². The summed E-state index contributed by atoms with van der Waals surface area (Å²) in [5, 5.41) is 2.74. The van der Waals surface area contributed by atoms with E-state index in [4.69, 9.17) is 9.47 Å². The predicted octanol–water partition coefficient (Wildman–Crippen LogP) is 3.17. The molecule has 1 aliphatic rings. The molecular weight excluding hydrogens is 337 g/mol. The van der Waals surface area contributed by atoms with Gasteiger partial charge in [0.15, 0.2) is 11.5 Å². The first-order valence-corrected chi connectivity index (χ1v) is 6.07. The van der Waals surface area contributed by atoms with Gasteiger partial charge >= 0.3 is 18.1 Å². The molecule has 0 spiro atoms. The van der Waals surface area contributed by atoms with E-state index in [1.54, 1.807) is 0 Å². The normalized spacial score (nSPS) is 15.8. The van der Waals surface area contributed by atoms with E-state index in [1.165, 1.54) is 18.2 Å². The van der Waals surface area contributed by atoms with Gasteiger partial charge in [-0.25, -0.2) is 5.43 Å². The summed E-state index contributed by atoms with van der Waals surface area (Å²) in [6.07, 6.45) is -5.77. The summed E-state index contributed by atoms with van der Waals surface area (Å²) >= 11 is 0. The van der Waals surface area contributed by atoms with Crippen molar-refractivity contribution in [2.24, 2.45) is 5.10 Å². The summed E-state index contributed by atoms with van der Waals surface area (Å²) in [4.78, 5) is 0. The molecule has 1 aromatic carbocycles. The maximum Gasteiger partial charge on any atom is 0.462 e. The molecule has 1 aliphatic heterocycles. The summed E-state index contributed by atoms with van der Waals surface area (Å²) in [5.74, 6) is -5.62. The lowest BCUT2D eigenvalue weighted by atomic mass is 10.2. The largest absolute Gasteiger partial charge is 0.486 e. The van der Waals surface area contributed by atoms with E-state index in [-0.39, 0.29) is 17.9 Å². The number of hydrazone groups is 1. The molecular formula is C12H9F7N2O2. The quantitative estimate of drug-likeness (QED) is 0.394. The first-order chi connectivity index (χ1) is 10.5. The lowest BCUT2D eigenvalue weighted by Crippen LogP contribution is -2.58. The van der Waals surface area contributed by atoms with Crippen molar-refractivity contribution >= 4 is 6.21 Å². The van der Waals surface area contributed by atoms with Gasteiger partial charge in [0.1, 0.15) is 13.2 Å². The molecule has 0 unspecified atom stereocenters. The maximum atomic E-state index is 12.9. The van der Waals surface area contributed by atoms with Gasteiger partial charge < -0.3 is 9.47 Å². The molecule has 1 N–H and O–H groups in total. The number of hydrogen-bond donors (Lipinski definition) is 1. The summed E-state index contributed by atoms with van der Waals surface area (Å²) in [6, 6.07) is -1.55. The summed E-state index contributed by atoms with van der Waals surface area (Å²) in [5.41, 5.74) is 0.661. The minimum absolute atomic E-state index is 0.132. The van der Waals surface area contributed by atoms with Crippen LogP contribution in [0.1, 0.15) is 5.56 Å². The van der Waals surface area contributed by atoms with Crippen LogP contribution < -0.4 is 14.9 Å². The van der Waals surface area contributed by atoms with Crippen molar-refractivity contribution in [1.82, 2.24) is 5.43 Å². The summed E-state index contributed by atoms with van der Waals surface area (Å²) in [7, 11) is 0. The molecule has 1 aromatic rings. The van der Waals surface area contributed by atoms with Crippen LogP contribution in [0, 0.1) is 0 Å². The number of benzene rings is 1. The Bertz CT molecular complexity index is 602. The van der Waals surface area contributed by atoms with E-state index in [1.807, 2.05) is 0 Å². The number of alkyl halides is 7. The smallest absolute Gasteiger partial charge is 0.462 e. The third-order valence-corrected chi connectivity index (χ3v) is 2.74. The molecule has 0 fully saturated rings. The molecule has 0 radical (unpaired) electrons. The van der Waals surface area contributed by atoms with E-state index in [0.717, 1.165) is 0 Å². The molecule has 128 valence electrons. The van der Waals surface area contributed by atoms with Crippen LogP contribution in [0.3, 0.4) is 0 Å². The molecule has 0 aliphatic carbocycles. The van der Waals surface area contributed by atoms with E-state index >= 15 is 0 Å². The number of halogens is 7. The van der Waals surface area contributed by atoms with Gasteiger partial charge in [0, 0.05) is 0 Å². The van der Waals surface area contributed by atoms with Crippen molar-refractivity contribution in [1.29, 1.82) is 0 Å². The number of nitrogens with zero attached hydrogens (tertiary/aromatic N) is 1. The Kier molecular flexibility index (Phi) is 4.31. The molecule has 2 rings (SSSR count). The van der Waals surface area contributed by atoms with E-state index in [0.29, 0.717) is 24.0 Å². The van der Waals surface area contributed by atoms with Crippen LogP contribution in [0.5, 0.6) is 11.5 Å². The zero-order chi connectivity index (χ0) is 17.3. The monoisotopic (exact) mass is 346 g/mol. The topological polar surface area (TPSA) is 42.9 Å². The van der Waals surface area contributed by atoms with Crippen LogP contribution in [0.2, 0.25) is 0 Å². The Morgan fingerprint density at radius 1 is 0.957 bits per heavy atom. The molecule has 23 heavy (non-hydrogen) atoms. The first kappa shape index (κ1) is 17.2. The van der Waals surface area contributed by atoms with Crippen LogP contribution in [-0.2, 0) is 0 Å². The summed E-state index contributed by atoms with van der Waals surface area (Å²) < 4.78 is 97.2. The molecule has 0 saturated heterocycles. The van der Waals surface area contributed by atoms with Crippen molar-refractivity contribution in [3.05, 3.63) is 23.8 Å². The Balaban J connectivity index is 2.09. The van der Waals surface area contributed by atoms with Gasteiger partial charge in [0.05, 0.1) is 6.21 Å². The number of fused-ring (bicyclic) bond motifs is 1. The van der Waals surface area contributed by atoms with Gasteiger partial charge in [-0.2, -0.15) is 35.8 Å². The minimum atomic E-state index is -6.42. The number of ether oxygens (including phenoxy) is 2. The van der Waals surface area contributed by atoms with E-state index in [2.05, 4.69) is 5.10 Å². The fraction of sp³-hybridized carbons (Fsp3) is 0.417. The number of rotatable bonds is 4. The van der Waals surface area contributed by atoms with E-state index in [9.17, 15) is 30.7 Å². The van der Waals surface area contributed by atoms with Crippen LogP contribution in [0.4, 0.5) is 30.7 Å². The van der Waals surface area contributed by atoms with Gasteiger partial charge in [-0.05, 0) is 23.8 Å². The zero-order valence-electron chi connectivity index (χ0n) is 11.1. The Morgan fingerprint density at radius 2 is 1.57 bits per heavy atom. The molecule has 0 atom stereocenters. The fourth-order valence-corrected chi connectivity index (χ4v) is 1.58. The average Bonchev–Trinajstić information content (AvgIpc) is 2.45. The molecule has 1 heterocycles. The van der Waals surface area contributed by atoms with Crippen molar-refractivity contribution in [2.45, 2.75) is 18.1 Å². The molecule has 0 amide bonds. The Labute approximate surface area is 124 Å². The van der Waals surface area contributed by atoms with Crippen LogP contribution in [-0.4, -0.2) is 37.6 Å². The minimum Gasteiger partial charge on any atom is -0.486 e. The highest BCUT2D eigenvalue weighted by molar-refractivity contribution is 5.80. The van der Waals surface area contributed by atoms with Crippen molar-refractivity contribution < 1.29 is 40.2 Å². The highest BCUT2D eigenvalue weighted by Crippen LogP contribution is 2.45. The summed E-state index contributed by atoms with van der Waals surface area (Å²) in [6.45, 7) is 0.572. The van der Waals surface area contributed by atoms with Gasteiger partial charge in [0.2, 0.25) is 0 Å². The Morgan fingerprint density at radius 3 is 2.17 bits per heavy atom. The average molecular weight is 346 g/mol. The standard InChI is InChI=1S/C12H9F7N2O2/c13-10(14,11(15,16)17)12(18,19)21-20-6-7-1-2-8-9(5-7)23-4-3-22-8/h1-2,5-6,21H,3-4H2/b20-6-. The highest BCUT2D eigenvalue weighted by atomic mass is 19.4. The van der Waals surface area contributed by atoms with Crippen molar-refractivity contribution in [3.8, 4) is 11.5 Å². The van der Waals surface area contributed by atoms with Crippen molar-refractivity contribution in [3.63, 3.8) is 0 Å². The predicted molar refractivity (Wildman–Crippen MR) is 64.1 cm³/mol. The maximum absolute atomic E-state index is 12.9. The molecule has 0 saturated carbocycles. The second-order valence-electron chi connectivity index (χ2n) is 4.42. The molecule has 0 aromatic heterocycles. The third kappa shape index (κ3) is 3.42. The first-order valence-electron chi connectivity index (χ1n) is 6.07. The van der Waals surface area contributed by atoms with Crippen LogP contribution in [0.25, 0.3) is 0 Å². The lowest BCUT2D eigenvalue weighted by molar-refractivity contribution is -0.361. The fourth-order valence-electron chi connectivity index (χ4n) is 1.58. The molecule has 0 bridgehead atoms. The van der Waals surface area contributed by atoms with E-state index < -0.39 is 18.1 Å². The second kappa shape index (κ2) is 5.78. The lowest BCUT2D eigenvalue weighted by Gasteiger charge is -2.27. The van der Waals surface area contributed by atoms with Gasteiger partial charge in [-0.1, -0.05) is 0 Å². The zero-order valence-corrected chi connectivity index (χ0v) is 11.1. The second-order valence-corrected chi connectivity index (χ2v) is 4.42. The van der Waals surface area contributed by atoms with Gasteiger partial charge in [-0.15, -0.1) is 0 Å². The molecule has 4 nitrogen and oxygen atoms in total. The van der Waals surface area contributed by atoms with Crippen LogP contribution >= 0.6 is 0 Å². The van der Waals surface area contributed by atoms with Crippen LogP contribution in [0.15, 0.2) is 23.3 Å². The highest BCUT2D eigenvalue weighted by Gasteiger charge is 2.73. The number of nitrogens with one attached hydrogen (secondary N) is 1. The molecule has 11 heteroatoms. The van der Waals surface area contributed by atoms with Crippen molar-refractivity contribution in [2.75, 3.05) is 13.2 Å².